The molecule has 0 aliphatic heterocycles. The molecule has 6 heteroatoms. The minimum absolute atomic E-state index is 0.0784. The van der Waals surface area contributed by atoms with Crippen LogP contribution in [0.1, 0.15) is 27.6 Å². The first kappa shape index (κ1) is 12.8. The standard InChI is InChI=1S/C12H16N4OS/c1-9-8-18-11(15-9)4-3-6-13-12(17)10-5-7-14-16(10)2/h5,7-8H,3-4,6H2,1-2H3,(H,13,17). The number of carbonyl (C=O) groups excluding carboxylic acids is 1. The smallest absolute Gasteiger partial charge is 0.269 e. The monoisotopic (exact) mass is 264 g/mol. The van der Waals surface area contributed by atoms with Crippen LogP contribution in [0.3, 0.4) is 0 Å². The number of carbonyl (C=O) groups is 1. The molecule has 0 fully saturated rings. The third kappa shape index (κ3) is 3.16. The summed E-state index contributed by atoms with van der Waals surface area (Å²) in [5, 5.41) is 10.0. The molecular formula is C12H16N4OS. The van der Waals surface area contributed by atoms with Gasteiger partial charge in [0, 0.05) is 37.3 Å². The van der Waals surface area contributed by atoms with Gasteiger partial charge in [0.25, 0.3) is 5.91 Å². The van der Waals surface area contributed by atoms with Crippen LogP contribution in [0.15, 0.2) is 17.6 Å². The predicted octanol–water partition coefficient (Wildman–Crippen LogP) is 1.55. The molecule has 0 aliphatic carbocycles. The first-order valence-electron chi connectivity index (χ1n) is 5.84. The molecule has 0 aliphatic rings. The molecule has 1 amide bonds. The van der Waals surface area contributed by atoms with Crippen LogP contribution >= 0.6 is 11.3 Å². The first-order chi connectivity index (χ1) is 8.66. The Morgan fingerprint density at radius 3 is 3.00 bits per heavy atom. The summed E-state index contributed by atoms with van der Waals surface area (Å²) in [5.41, 5.74) is 1.65. The number of aryl methyl sites for hydroxylation is 3. The van der Waals surface area contributed by atoms with Crippen molar-refractivity contribution in [3.63, 3.8) is 0 Å². The summed E-state index contributed by atoms with van der Waals surface area (Å²) in [6, 6.07) is 1.71. The van der Waals surface area contributed by atoms with Gasteiger partial charge in [-0.3, -0.25) is 9.48 Å². The van der Waals surface area contributed by atoms with Gasteiger partial charge >= 0.3 is 0 Å². The van der Waals surface area contributed by atoms with E-state index in [1.54, 1.807) is 35.3 Å². The molecular weight excluding hydrogens is 248 g/mol. The number of amides is 1. The Hall–Kier alpha value is -1.69. The van der Waals surface area contributed by atoms with E-state index in [4.69, 9.17) is 0 Å². The molecule has 5 nitrogen and oxygen atoms in total. The summed E-state index contributed by atoms with van der Waals surface area (Å²) in [5.74, 6) is -0.0784. The molecule has 2 rings (SSSR count). The van der Waals surface area contributed by atoms with Crippen molar-refractivity contribution in [1.29, 1.82) is 0 Å². The lowest BCUT2D eigenvalue weighted by molar-refractivity contribution is 0.0944. The maximum atomic E-state index is 11.8. The maximum absolute atomic E-state index is 11.8. The zero-order valence-electron chi connectivity index (χ0n) is 10.5. The van der Waals surface area contributed by atoms with Crippen molar-refractivity contribution in [3.05, 3.63) is 34.0 Å². The lowest BCUT2D eigenvalue weighted by Crippen LogP contribution is -2.26. The van der Waals surface area contributed by atoms with Crippen LogP contribution in [-0.4, -0.2) is 27.2 Å². The fraction of sp³-hybridized carbons (Fsp3) is 0.417. The molecule has 1 N–H and O–H groups in total. The van der Waals surface area contributed by atoms with Crippen LogP contribution in [0.5, 0.6) is 0 Å². The quantitative estimate of drug-likeness (QED) is 0.833. The minimum Gasteiger partial charge on any atom is -0.351 e. The predicted molar refractivity (Wildman–Crippen MR) is 70.7 cm³/mol. The molecule has 2 heterocycles. The van der Waals surface area contributed by atoms with Crippen LogP contribution in [-0.2, 0) is 13.5 Å². The minimum atomic E-state index is -0.0784. The summed E-state index contributed by atoms with van der Waals surface area (Å²) in [7, 11) is 1.76. The van der Waals surface area contributed by atoms with E-state index >= 15 is 0 Å². The van der Waals surface area contributed by atoms with Gasteiger partial charge in [0.2, 0.25) is 0 Å². The van der Waals surface area contributed by atoms with E-state index in [0.717, 1.165) is 23.5 Å². The molecule has 0 bridgehead atoms. The van der Waals surface area contributed by atoms with Crippen LogP contribution in [0.2, 0.25) is 0 Å². The molecule has 0 saturated heterocycles. The van der Waals surface area contributed by atoms with E-state index in [1.807, 2.05) is 12.3 Å². The van der Waals surface area contributed by atoms with Gasteiger partial charge in [0.05, 0.1) is 5.01 Å². The molecule has 2 aromatic heterocycles. The summed E-state index contributed by atoms with van der Waals surface area (Å²) in [6.07, 6.45) is 3.42. The molecule has 2 aromatic rings. The van der Waals surface area contributed by atoms with Crippen LogP contribution in [0.25, 0.3) is 0 Å². The van der Waals surface area contributed by atoms with Crippen molar-refractivity contribution >= 4 is 17.2 Å². The number of nitrogens with zero attached hydrogens (tertiary/aromatic N) is 3. The number of hydrogen-bond donors (Lipinski definition) is 1. The Kier molecular flexibility index (Phi) is 4.09. The Balaban J connectivity index is 1.73. The SMILES string of the molecule is Cc1csc(CCCNC(=O)c2ccnn2C)n1. The summed E-state index contributed by atoms with van der Waals surface area (Å²) < 4.78 is 1.57. The number of hydrogen-bond acceptors (Lipinski definition) is 4. The maximum Gasteiger partial charge on any atom is 0.269 e. The van der Waals surface area contributed by atoms with Crippen LogP contribution < -0.4 is 5.32 Å². The molecule has 0 spiro atoms. The summed E-state index contributed by atoms with van der Waals surface area (Å²) in [6.45, 7) is 2.65. The van der Waals surface area contributed by atoms with Crippen molar-refractivity contribution in [2.24, 2.45) is 7.05 Å². The van der Waals surface area contributed by atoms with Gasteiger partial charge < -0.3 is 5.32 Å². The van der Waals surface area contributed by atoms with Gasteiger partial charge in [-0.2, -0.15) is 5.10 Å². The summed E-state index contributed by atoms with van der Waals surface area (Å²) >= 11 is 1.67. The van der Waals surface area contributed by atoms with Gasteiger partial charge in [-0.05, 0) is 19.4 Å². The second-order valence-electron chi connectivity index (χ2n) is 4.08. The highest BCUT2D eigenvalue weighted by Gasteiger charge is 2.08. The average Bonchev–Trinajstić information content (AvgIpc) is 2.93. The normalized spacial score (nSPS) is 10.6. The second-order valence-corrected chi connectivity index (χ2v) is 5.02. The molecule has 18 heavy (non-hydrogen) atoms. The van der Waals surface area contributed by atoms with E-state index in [0.29, 0.717) is 12.2 Å². The average molecular weight is 264 g/mol. The molecule has 0 aromatic carbocycles. The number of thiazole rings is 1. The highest BCUT2D eigenvalue weighted by atomic mass is 32.1. The highest BCUT2D eigenvalue weighted by molar-refractivity contribution is 7.09. The molecule has 0 unspecified atom stereocenters. The van der Waals surface area contributed by atoms with Gasteiger partial charge in [0.15, 0.2) is 0 Å². The molecule has 96 valence electrons. The Labute approximate surface area is 110 Å². The van der Waals surface area contributed by atoms with E-state index in [1.165, 1.54) is 0 Å². The van der Waals surface area contributed by atoms with Crippen molar-refractivity contribution in [1.82, 2.24) is 20.1 Å². The van der Waals surface area contributed by atoms with E-state index in [2.05, 4.69) is 15.4 Å². The van der Waals surface area contributed by atoms with Gasteiger partial charge in [-0.1, -0.05) is 0 Å². The first-order valence-corrected chi connectivity index (χ1v) is 6.72. The molecule has 0 atom stereocenters. The molecule has 0 radical (unpaired) electrons. The van der Waals surface area contributed by atoms with Crippen LogP contribution in [0, 0.1) is 6.92 Å². The van der Waals surface area contributed by atoms with E-state index < -0.39 is 0 Å². The summed E-state index contributed by atoms with van der Waals surface area (Å²) in [4.78, 5) is 16.1. The largest absolute Gasteiger partial charge is 0.351 e. The zero-order chi connectivity index (χ0) is 13.0. The van der Waals surface area contributed by atoms with Gasteiger partial charge in [0.1, 0.15) is 5.69 Å². The Morgan fingerprint density at radius 2 is 2.39 bits per heavy atom. The van der Waals surface area contributed by atoms with Crippen LogP contribution in [0.4, 0.5) is 0 Å². The van der Waals surface area contributed by atoms with Crippen molar-refractivity contribution in [3.8, 4) is 0 Å². The van der Waals surface area contributed by atoms with E-state index in [-0.39, 0.29) is 5.91 Å². The fourth-order valence-corrected chi connectivity index (χ4v) is 2.46. The lowest BCUT2D eigenvalue weighted by Gasteiger charge is -2.04. The van der Waals surface area contributed by atoms with Gasteiger partial charge in [-0.15, -0.1) is 11.3 Å². The number of rotatable bonds is 5. The second kappa shape index (κ2) is 5.77. The fourth-order valence-electron chi connectivity index (χ4n) is 1.65. The van der Waals surface area contributed by atoms with Gasteiger partial charge in [-0.25, -0.2) is 4.98 Å². The van der Waals surface area contributed by atoms with E-state index in [9.17, 15) is 4.79 Å². The highest BCUT2D eigenvalue weighted by Crippen LogP contribution is 2.10. The van der Waals surface area contributed by atoms with Crippen molar-refractivity contribution in [2.75, 3.05) is 6.54 Å². The Bertz CT molecular complexity index is 532. The zero-order valence-corrected chi connectivity index (χ0v) is 11.3. The number of aromatic nitrogens is 3. The topological polar surface area (TPSA) is 59.8 Å². The lowest BCUT2D eigenvalue weighted by atomic mass is 10.3. The number of nitrogens with one attached hydrogen (secondary N) is 1. The van der Waals surface area contributed by atoms with Crippen molar-refractivity contribution < 1.29 is 4.79 Å². The Morgan fingerprint density at radius 1 is 1.56 bits per heavy atom. The van der Waals surface area contributed by atoms with Crippen molar-refractivity contribution in [2.45, 2.75) is 19.8 Å². The third-order valence-corrected chi connectivity index (χ3v) is 3.60. The third-order valence-electron chi connectivity index (χ3n) is 2.57. The molecule has 0 saturated carbocycles.